The van der Waals surface area contributed by atoms with Crippen LogP contribution >= 0.6 is 11.6 Å². The highest BCUT2D eigenvalue weighted by Gasteiger charge is 2.12. The number of halogens is 1. The molecule has 0 aliphatic rings. The van der Waals surface area contributed by atoms with Crippen molar-refractivity contribution >= 4 is 17.5 Å². The Morgan fingerprint density at radius 1 is 1.50 bits per heavy atom. The molecule has 0 saturated heterocycles. The second kappa shape index (κ2) is 5.69. The summed E-state index contributed by atoms with van der Waals surface area (Å²) < 4.78 is 0. The summed E-state index contributed by atoms with van der Waals surface area (Å²) in [5, 5.41) is 29.6. The lowest BCUT2D eigenvalue weighted by Gasteiger charge is -2.10. The van der Waals surface area contributed by atoms with Crippen LogP contribution in [-0.2, 0) is 0 Å². The summed E-state index contributed by atoms with van der Waals surface area (Å²) in [7, 11) is 0. The van der Waals surface area contributed by atoms with Crippen LogP contribution in [0.5, 0.6) is 5.75 Å². The standard InChI is InChI=1S/C10H12ClNO4/c11-6-1-2-9(15)8(3-6)10(16)12-4-7(14)5-13/h1-3,7,13-15H,4-5H2,(H,12,16). The number of benzene rings is 1. The van der Waals surface area contributed by atoms with E-state index in [1.807, 2.05) is 0 Å². The number of aliphatic hydroxyl groups excluding tert-OH is 2. The van der Waals surface area contributed by atoms with Crippen molar-refractivity contribution in [3.63, 3.8) is 0 Å². The highest BCUT2D eigenvalue weighted by molar-refractivity contribution is 6.31. The Morgan fingerprint density at radius 2 is 2.19 bits per heavy atom. The third kappa shape index (κ3) is 3.37. The van der Waals surface area contributed by atoms with E-state index in [4.69, 9.17) is 21.8 Å². The van der Waals surface area contributed by atoms with Gasteiger partial charge in [-0.15, -0.1) is 0 Å². The first-order valence-corrected chi connectivity index (χ1v) is 4.98. The number of hydrogen-bond acceptors (Lipinski definition) is 4. The van der Waals surface area contributed by atoms with E-state index >= 15 is 0 Å². The molecule has 1 aromatic carbocycles. The van der Waals surface area contributed by atoms with Gasteiger partial charge < -0.3 is 20.6 Å². The van der Waals surface area contributed by atoms with E-state index in [2.05, 4.69) is 5.32 Å². The number of phenolic OH excluding ortho intramolecular Hbond substituents is 1. The zero-order valence-electron chi connectivity index (χ0n) is 8.35. The molecule has 0 radical (unpaired) electrons. The molecule has 1 rings (SSSR count). The fourth-order valence-corrected chi connectivity index (χ4v) is 1.23. The third-order valence-electron chi connectivity index (χ3n) is 1.91. The number of carbonyl (C=O) groups excluding carboxylic acids is 1. The minimum atomic E-state index is -1.02. The van der Waals surface area contributed by atoms with Gasteiger partial charge in [-0.05, 0) is 18.2 Å². The van der Waals surface area contributed by atoms with Gasteiger partial charge in [0.2, 0.25) is 0 Å². The molecule has 4 N–H and O–H groups in total. The molecule has 0 aliphatic carbocycles. The van der Waals surface area contributed by atoms with Gasteiger partial charge in [-0.2, -0.15) is 0 Å². The van der Waals surface area contributed by atoms with E-state index < -0.39 is 18.6 Å². The zero-order valence-corrected chi connectivity index (χ0v) is 9.11. The van der Waals surface area contributed by atoms with Gasteiger partial charge in [0.05, 0.1) is 18.3 Å². The number of carbonyl (C=O) groups is 1. The second-order valence-electron chi connectivity index (χ2n) is 3.21. The second-order valence-corrected chi connectivity index (χ2v) is 3.64. The van der Waals surface area contributed by atoms with Crippen LogP contribution in [0.3, 0.4) is 0 Å². The van der Waals surface area contributed by atoms with Crippen LogP contribution in [0.1, 0.15) is 10.4 Å². The molecule has 0 fully saturated rings. The summed E-state index contributed by atoms with van der Waals surface area (Å²) in [4.78, 5) is 11.5. The number of aliphatic hydroxyl groups is 2. The number of hydrogen-bond donors (Lipinski definition) is 4. The zero-order chi connectivity index (χ0) is 12.1. The molecule has 16 heavy (non-hydrogen) atoms. The van der Waals surface area contributed by atoms with Crippen molar-refractivity contribution in [1.82, 2.24) is 5.32 Å². The van der Waals surface area contributed by atoms with Gasteiger partial charge in [0.15, 0.2) is 0 Å². The molecule has 88 valence electrons. The molecule has 0 saturated carbocycles. The number of nitrogens with one attached hydrogen (secondary N) is 1. The summed E-state index contributed by atoms with van der Waals surface area (Å²) in [6, 6.07) is 4.08. The van der Waals surface area contributed by atoms with Gasteiger partial charge in [0.25, 0.3) is 5.91 Å². The maximum atomic E-state index is 11.5. The van der Waals surface area contributed by atoms with E-state index in [0.29, 0.717) is 5.02 Å². The fourth-order valence-electron chi connectivity index (χ4n) is 1.06. The van der Waals surface area contributed by atoms with Crippen LogP contribution < -0.4 is 5.32 Å². The molecule has 5 nitrogen and oxygen atoms in total. The van der Waals surface area contributed by atoms with Crippen molar-refractivity contribution in [2.45, 2.75) is 6.10 Å². The molecule has 1 aromatic rings. The van der Waals surface area contributed by atoms with Crippen LogP contribution in [0.25, 0.3) is 0 Å². The van der Waals surface area contributed by atoms with Gasteiger partial charge in [0, 0.05) is 11.6 Å². The lowest BCUT2D eigenvalue weighted by atomic mass is 10.2. The van der Waals surface area contributed by atoms with Gasteiger partial charge >= 0.3 is 0 Å². The Balaban J connectivity index is 2.69. The van der Waals surface area contributed by atoms with Crippen LogP contribution in [-0.4, -0.2) is 40.5 Å². The third-order valence-corrected chi connectivity index (χ3v) is 2.15. The van der Waals surface area contributed by atoms with E-state index in [9.17, 15) is 9.90 Å². The Morgan fingerprint density at radius 3 is 2.81 bits per heavy atom. The Kier molecular flexibility index (Phi) is 4.54. The molecule has 0 spiro atoms. The normalized spacial score (nSPS) is 12.2. The minimum absolute atomic E-state index is 0.0256. The average molecular weight is 246 g/mol. The Bertz CT molecular complexity index is 383. The summed E-state index contributed by atoms with van der Waals surface area (Å²) in [6.45, 7) is -0.539. The summed E-state index contributed by atoms with van der Waals surface area (Å²) >= 11 is 5.67. The fraction of sp³-hybridized carbons (Fsp3) is 0.300. The first-order valence-electron chi connectivity index (χ1n) is 4.60. The Labute approximate surface area is 97.3 Å². The van der Waals surface area contributed by atoms with Crippen molar-refractivity contribution in [3.05, 3.63) is 28.8 Å². The monoisotopic (exact) mass is 245 g/mol. The number of amides is 1. The average Bonchev–Trinajstić information content (AvgIpc) is 2.28. The predicted octanol–water partition coefficient (Wildman–Crippen LogP) is 0.129. The maximum Gasteiger partial charge on any atom is 0.255 e. The van der Waals surface area contributed by atoms with Crippen molar-refractivity contribution < 1.29 is 20.1 Å². The van der Waals surface area contributed by atoms with Crippen LogP contribution in [0, 0.1) is 0 Å². The van der Waals surface area contributed by atoms with Crippen molar-refractivity contribution in [2.75, 3.05) is 13.2 Å². The van der Waals surface area contributed by atoms with Gasteiger partial charge in [-0.25, -0.2) is 0 Å². The molecular formula is C10H12ClNO4. The molecule has 0 bridgehead atoms. The molecule has 1 amide bonds. The minimum Gasteiger partial charge on any atom is -0.507 e. The first-order chi connectivity index (χ1) is 7.54. The van der Waals surface area contributed by atoms with E-state index in [1.54, 1.807) is 0 Å². The quantitative estimate of drug-likeness (QED) is 0.607. The predicted molar refractivity (Wildman–Crippen MR) is 58.5 cm³/mol. The highest BCUT2D eigenvalue weighted by Crippen LogP contribution is 2.21. The SMILES string of the molecule is O=C(NCC(O)CO)c1cc(Cl)ccc1O. The molecule has 6 heteroatoms. The largest absolute Gasteiger partial charge is 0.507 e. The smallest absolute Gasteiger partial charge is 0.255 e. The highest BCUT2D eigenvalue weighted by atomic mass is 35.5. The first kappa shape index (κ1) is 12.8. The molecular weight excluding hydrogens is 234 g/mol. The maximum absolute atomic E-state index is 11.5. The molecule has 1 atom stereocenters. The van der Waals surface area contributed by atoms with Crippen molar-refractivity contribution in [1.29, 1.82) is 0 Å². The number of phenols is 1. The topological polar surface area (TPSA) is 89.8 Å². The summed E-state index contributed by atoms with van der Waals surface area (Å²) in [5.74, 6) is -0.757. The lowest BCUT2D eigenvalue weighted by Crippen LogP contribution is -2.33. The molecule has 0 aliphatic heterocycles. The molecule has 0 heterocycles. The van der Waals surface area contributed by atoms with Gasteiger partial charge in [-0.1, -0.05) is 11.6 Å². The van der Waals surface area contributed by atoms with Crippen molar-refractivity contribution in [2.24, 2.45) is 0 Å². The van der Waals surface area contributed by atoms with Crippen LogP contribution in [0.2, 0.25) is 5.02 Å². The molecule has 1 unspecified atom stereocenters. The van der Waals surface area contributed by atoms with Gasteiger partial charge in [-0.3, -0.25) is 4.79 Å². The van der Waals surface area contributed by atoms with E-state index in [0.717, 1.165) is 0 Å². The van der Waals surface area contributed by atoms with Crippen LogP contribution in [0.15, 0.2) is 18.2 Å². The number of rotatable bonds is 4. The van der Waals surface area contributed by atoms with E-state index in [1.165, 1.54) is 18.2 Å². The van der Waals surface area contributed by atoms with Crippen molar-refractivity contribution in [3.8, 4) is 5.75 Å². The summed E-state index contributed by atoms with van der Waals surface area (Å²) in [6.07, 6.45) is -1.02. The van der Waals surface area contributed by atoms with E-state index in [-0.39, 0.29) is 17.9 Å². The summed E-state index contributed by atoms with van der Waals surface area (Å²) in [5.41, 5.74) is 0.0256. The lowest BCUT2D eigenvalue weighted by molar-refractivity contribution is 0.0800. The molecule has 0 aromatic heterocycles. The number of aromatic hydroxyl groups is 1. The van der Waals surface area contributed by atoms with Gasteiger partial charge in [0.1, 0.15) is 5.75 Å². The Hall–Kier alpha value is -1.30. The van der Waals surface area contributed by atoms with Crippen LogP contribution in [0.4, 0.5) is 0 Å².